The maximum atomic E-state index is 15.0. The molecule has 1 aromatic rings. The molecule has 2 aliphatic heterocycles. The van der Waals surface area contributed by atoms with Crippen molar-refractivity contribution < 1.29 is 82.4 Å². The number of esters is 1. The van der Waals surface area contributed by atoms with Crippen LogP contribution < -0.4 is 37.5 Å². The summed E-state index contributed by atoms with van der Waals surface area (Å²) in [6.45, 7) is 5.98. The van der Waals surface area contributed by atoms with Gasteiger partial charge >= 0.3 is 26.8 Å². The van der Waals surface area contributed by atoms with Gasteiger partial charge in [-0.2, -0.15) is 16.8 Å². The number of likely N-dealkylation sites (N-methyl/N-ethyl adjacent to an activating group) is 1. The maximum Gasteiger partial charge on any atom is 0.398 e. The minimum atomic E-state index is -5.60. The average Bonchev–Trinajstić information content (AvgIpc) is 3.28. The van der Waals surface area contributed by atoms with Gasteiger partial charge in [-0.1, -0.05) is 58.2 Å². The van der Waals surface area contributed by atoms with E-state index in [0.717, 1.165) is 16.7 Å². The summed E-state index contributed by atoms with van der Waals surface area (Å²) in [7, 11) is -8.30. The molecule has 0 spiro atoms. The molecule has 2 bridgehead atoms. The molecule has 0 aromatic heterocycles. The number of aliphatic hydroxyl groups excluding tert-OH is 1. The molecule has 2 saturated heterocycles. The fourth-order valence-corrected chi connectivity index (χ4v) is 8.69. The molecule has 0 radical (unpaired) electrons. The Hall–Kier alpha value is -5.43. The number of benzene rings is 1. The van der Waals surface area contributed by atoms with Crippen molar-refractivity contribution in [3.8, 4) is 5.75 Å². The minimum Gasteiger partial charge on any atom is -0.495 e. The molecule has 2 fully saturated rings. The highest BCUT2D eigenvalue weighted by molar-refractivity contribution is 7.81. The second kappa shape index (κ2) is 26.3. The van der Waals surface area contributed by atoms with Gasteiger partial charge in [-0.05, 0) is 62.1 Å². The molecule has 27 nitrogen and oxygen atoms in total. The molecule has 71 heavy (non-hydrogen) atoms. The van der Waals surface area contributed by atoms with Crippen LogP contribution in [-0.4, -0.2) is 170 Å². The van der Waals surface area contributed by atoms with Crippen LogP contribution in [0.5, 0.6) is 5.75 Å². The summed E-state index contributed by atoms with van der Waals surface area (Å²) in [6, 6.07) is -5.13. The van der Waals surface area contributed by atoms with Crippen molar-refractivity contribution in [3.63, 3.8) is 0 Å². The van der Waals surface area contributed by atoms with Crippen LogP contribution in [-0.2, 0) is 73.9 Å². The second-order valence-electron chi connectivity index (χ2n) is 17.1. The number of ether oxygens (including phenoxy) is 2. The normalized spacial score (nSPS) is 25.7. The van der Waals surface area contributed by atoms with E-state index < -0.39 is 135 Å². The van der Waals surface area contributed by atoms with Crippen LogP contribution in [0.3, 0.4) is 0 Å². The number of amides is 6. The number of aliphatic imine (C=N–C) groups is 1. The Morgan fingerprint density at radius 3 is 2.17 bits per heavy atom. The molecule has 1 unspecified atom stereocenters. The molecular formula is C41H64ClN9O18S2. The number of guanidine groups is 1. The Bertz CT molecular complexity index is 2360. The Morgan fingerprint density at radius 1 is 0.958 bits per heavy atom. The summed E-state index contributed by atoms with van der Waals surface area (Å²) in [6.07, 6.45) is -6.45. The van der Waals surface area contributed by atoms with Gasteiger partial charge in [-0.15, -0.1) is 0 Å². The van der Waals surface area contributed by atoms with E-state index >= 15 is 0 Å². The van der Waals surface area contributed by atoms with Crippen molar-refractivity contribution in [2.24, 2.45) is 28.3 Å². The Balaban J connectivity index is 2.32. The Labute approximate surface area is 416 Å². The third-order valence-corrected chi connectivity index (χ3v) is 13.2. The number of aliphatic hydroxyl groups is 1. The van der Waals surface area contributed by atoms with Crippen LogP contribution >= 0.6 is 11.6 Å². The van der Waals surface area contributed by atoms with Crippen molar-refractivity contribution in [2.75, 3.05) is 27.3 Å². The van der Waals surface area contributed by atoms with E-state index in [-0.39, 0.29) is 62.5 Å². The molecule has 1 aromatic carbocycles. The van der Waals surface area contributed by atoms with Crippen LogP contribution in [0.25, 0.3) is 0 Å². The number of hydrogen-bond acceptors (Lipinski definition) is 17. The van der Waals surface area contributed by atoms with Crippen LogP contribution in [0, 0.1) is 11.8 Å². The first-order chi connectivity index (χ1) is 33.0. The van der Waals surface area contributed by atoms with Gasteiger partial charge in [-0.3, -0.25) is 42.9 Å². The van der Waals surface area contributed by atoms with Gasteiger partial charge in [0.1, 0.15) is 60.9 Å². The predicted octanol–water partition coefficient (Wildman–Crippen LogP) is -1.93. The topological polar surface area (TPSA) is 404 Å². The molecule has 0 saturated carbocycles. The first-order valence-corrected chi connectivity index (χ1v) is 25.5. The monoisotopic (exact) mass is 1070 g/mol. The summed E-state index contributed by atoms with van der Waals surface area (Å²) in [5, 5.41) is 21.2. The number of nitrogens with two attached hydrogens (primary N) is 2. The van der Waals surface area contributed by atoms with Gasteiger partial charge in [-0.25, -0.2) is 13.2 Å². The average molecular weight is 1070 g/mol. The molecule has 0 aliphatic carbocycles. The first-order valence-electron chi connectivity index (χ1n) is 22.4. The largest absolute Gasteiger partial charge is 0.495 e. The highest BCUT2D eigenvalue weighted by atomic mass is 35.5. The number of nitrogens with one attached hydrogen (secondary N) is 4. The van der Waals surface area contributed by atoms with E-state index in [0.29, 0.717) is 11.3 Å². The summed E-state index contributed by atoms with van der Waals surface area (Å²) in [5.41, 5.74) is 11.3. The summed E-state index contributed by atoms with van der Waals surface area (Å²) in [4.78, 5) is 107. The predicted molar refractivity (Wildman–Crippen MR) is 250 cm³/mol. The lowest BCUT2D eigenvalue weighted by atomic mass is 9.91. The zero-order chi connectivity index (χ0) is 53.7. The highest BCUT2D eigenvalue weighted by Crippen LogP contribution is 2.29. The number of nitrogens with zero attached hydrogens (tertiary/aromatic N) is 3. The lowest BCUT2D eigenvalue weighted by molar-refractivity contribution is -0.168. The number of methoxy groups -OCH3 is 1. The van der Waals surface area contributed by atoms with Crippen molar-refractivity contribution in [3.05, 3.63) is 28.8 Å². The molecule has 3 rings (SSSR count). The fraction of sp³-hybridized carbons (Fsp3) is 0.659. The molecule has 11 N–H and O–H groups in total. The zero-order valence-corrected chi connectivity index (χ0v) is 42.5. The van der Waals surface area contributed by atoms with Crippen LogP contribution in [0.1, 0.15) is 78.7 Å². The summed E-state index contributed by atoms with van der Waals surface area (Å²) in [5.74, 6) is -9.37. The van der Waals surface area contributed by atoms with E-state index in [1.54, 1.807) is 33.8 Å². The lowest BCUT2D eigenvalue weighted by Crippen LogP contribution is -2.66. The zero-order valence-electron chi connectivity index (χ0n) is 40.1. The Morgan fingerprint density at radius 2 is 1.61 bits per heavy atom. The number of fused-ring (bicyclic) bond motifs is 2. The molecule has 6 amide bonds. The molecule has 30 heteroatoms. The van der Waals surface area contributed by atoms with E-state index in [1.165, 1.54) is 26.3 Å². The van der Waals surface area contributed by atoms with Crippen molar-refractivity contribution in [1.82, 2.24) is 31.1 Å². The van der Waals surface area contributed by atoms with E-state index in [4.69, 9.17) is 37.1 Å². The summed E-state index contributed by atoms with van der Waals surface area (Å²) < 4.78 is 84.0. The van der Waals surface area contributed by atoms with Gasteiger partial charge in [0.05, 0.1) is 12.1 Å². The van der Waals surface area contributed by atoms with Crippen molar-refractivity contribution >= 4 is 79.8 Å². The molecular weight excluding hydrogens is 1010 g/mol. The highest BCUT2D eigenvalue weighted by Gasteiger charge is 2.47. The van der Waals surface area contributed by atoms with Gasteiger partial charge in [0.2, 0.25) is 29.5 Å². The van der Waals surface area contributed by atoms with Crippen molar-refractivity contribution in [2.45, 2.75) is 134 Å². The molecule has 11 atom stereocenters. The van der Waals surface area contributed by atoms with Gasteiger partial charge in [0, 0.05) is 20.0 Å². The summed E-state index contributed by atoms with van der Waals surface area (Å²) >= 11 is 6.45. The van der Waals surface area contributed by atoms with Crippen molar-refractivity contribution in [1.29, 1.82) is 0 Å². The quantitative estimate of drug-likeness (QED) is 0.0254. The van der Waals surface area contributed by atoms with Gasteiger partial charge in [0.15, 0.2) is 12.1 Å². The first kappa shape index (κ1) is 59.9. The van der Waals surface area contributed by atoms with E-state index in [9.17, 15) is 60.1 Å². The van der Waals surface area contributed by atoms with Crippen LogP contribution in [0.15, 0.2) is 23.2 Å². The second-order valence-corrected chi connectivity index (χ2v) is 19.6. The smallest absolute Gasteiger partial charge is 0.398 e. The number of cyclic esters (lactones) is 1. The molecule has 2 heterocycles. The number of carbonyl (C=O) groups is 7. The van der Waals surface area contributed by atoms with E-state index in [1.807, 2.05) is 5.32 Å². The number of halogens is 1. The van der Waals surface area contributed by atoms with Crippen LogP contribution in [0.4, 0.5) is 0 Å². The minimum absolute atomic E-state index is 0.0182. The van der Waals surface area contributed by atoms with Gasteiger partial charge in [0.25, 0.3) is 5.91 Å². The van der Waals surface area contributed by atoms with Crippen LogP contribution in [0.2, 0.25) is 5.02 Å². The lowest BCUT2D eigenvalue weighted by Gasteiger charge is -2.44. The third-order valence-electron chi connectivity index (χ3n) is 12.0. The number of piperidine rings is 1. The molecule has 400 valence electrons. The number of carbonyl (C=O) groups excluding carboxylic acids is 7. The van der Waals surface area contributed by atoms with E-state index in [2.05, 4.69) is 29.3 Å². The number of rotatable bonds is 18. The SMILES string of the molecule is CC[C@H](C)[C@@H]1NC(=O)C(Cc2ccc(OC)c(Cl)c2)N(C)C(=O)[C@H]([C@@H](C)CC)N2C(=O)[C@H](CC[C@H]2O)NC(=O)[C@H](CCCN=C(N)N)NC(=O)[C@@H](NC(=O)[C@@H](COS(=O)(=O)O)OS(=O)(=O)O)[C@@H](C)OC1=O. The Kier molecular flexibility index (Phi) is 22.2. The molecule has 2 aliphatic rings. The maximum absolute atomic E-state index is 15.0. The third kappa shape index (κ3) is 17.4. The standard InChI is InChI=1S/C41H64ClN9O18S2/c1-8-20(3)31-40(59)68-22(5)32(49-36(55)29(69-71(63,64)65)19-67-70(60,61)62)37(56)46-25(11-10-16-45-41(43)44)34(53)47-26-13-15-30(52)51(38(26)57)33(21(4)9-2)39(58)50(6)27(35(54)48-31)18-23-12-14-28(66-7)24(42)17-23/h12,14,17,20-22,25-27,29-33,52H,8-11,13,15-16,18-19H2,1-7H3,(H,46,56)(H,47,53)(H,48,54)(H,49,55)(H4,43,44,45)(H,60,61,62)(H,63,64,65)/t20-,21-,22+,25-,26-,27?,29+,30+,31-,32-,33-/m0/s1. The van der Waals surface area contributed by atoms with Gasteiger partial charge < -0.3 is 57.1 Å². The fourth-order valence-electron chi connectivity index (χ4n) is 7.68. The number of hydrogen-bond donors (Lipinski definition) is 9.